The molecule has 0 aliphatic carbocycles. The fourth-order valence-electron chi connectivity index (χ4n) is 2.19. The van der Waals surface area contributed by atoms with Crippen molar-refractivity contribution in [1.82, 2.24) is 0 Å². The molecule has 5 nitrogen and oxygen atoms in total. The molecule has 0 aromatic heterocycles. The first-order chi connectivity index (χ1) is 12.3. The van der Waals surface area contributed by atoms with Crippen LogP contribution in [-0.2, 0) is 9.59 Å². The molecular weight excluding hydrogens is 420 g/mol. The van der Waals surface area contributed by atoms with Crippen LogP contribution in [0.3, 0.4) is 0 Å². The number of ether oxygens (including phenoxy) is 1. The summed E-state index contributed by atoms with van der Waals surface area (Å²) in [6, 6.07) is 10.4. The second-order valence-corrected chi connectivity index (χ2v) is 6.99. The third kappa shape index (κ3) is 5.22. The van der Waals surface area contributed by atoms with Gasteiger partial charge in [0.2, 0.25) is 5.91 Å². The van der Waals surface area contributed by atoms with Crippen molar-refractivity contribution in [3.63, 3.8) is 0 Å². The largest absolute Gasteiger partial charge is 0.480 e. The Hall–Kier alpha value is -2.05. The molecule has 7 heteroatoms. The van der Waals surface area contributed by atoms with Crippen LogP contribution in [0.4, 0.5) is 11.4 Å². The van der Waals surface area contributed by atoms with Gasteiger partial charge in [-0.15, -0.1) is 0 Å². The van der Waals surface area contributed by atoms with Crippen molar-refractivity contribution in [2.75, 3.05) is 10.6 Å². The Kier molecular flexibility index (Phi) is 7.06. The predicted octanol–water partition coefficient (Wildman–Crippen LogP) is 5.17. The van der Waals surface area contributed by atoms with E-state index in [0.29, 0.717) is 33.0 Å². The van der Waals surface area contributed by atoms with Gasteiger partial charge < -0.3 is 15.4 Å². The third-order valence-corrected chi connectivity index (χ3v) is 4.61. The van der Waals surface area contributed by atoms with Crippen LogP contribution in [0.25, 0.3) is 0 Å². The van der Waals surface area contributed by atoms with E-state index in [9.17, 15) is 9.59 Å². The maximum absolute atomic E-state index is 12.5. The van der Waals surface area contributed by atoms with E-state index in [-0.39, 0.29) is 11.8 Å². The van der Waals surface area contributed by atoms with Crippen LogP contribution >= 0.6 is 27.5 Å². The number of carbonyl (C=O) groups is 2. The van der Waals surface area contributed by atoms with Gasteiger partial charge in [0.05, 0.1) is 4.47 Å². The zero-order valence-corrected chi connectivity index (χ0v) is 17.1. The normalized spacial score (nSPS) is 11.6. The maximum atomic E-state index is 12.5. The van der Waals surface area contributed by atoms with Crippen LogP contribution in [0.5, 0.6) is 5.75 Å². The van der Waals surface area contributed by atoms with Gasteiger partial charge in [-0.1, -0.05) is 24.6 Å². The van der Waals surface area contributed by atoms with E-state index in [4.69, 9.17) is 16.3 Å². The van der Waals surface area contributed by atoms with Gasteiger partial charge in [0.15, 0.2) is 6.10 Å². The number of halogens is 2. The smallest absolute Gasteiger partial charge is 0.265 e. The van der Waals surface area contributed by atoms with Crippen molar-refractivity contribution in [2.45, 2.75) is 33.3 Å². The van der Waals surface area contributed by atoms with Crippen LogP contribution < -0.4 is 15.4 Å². The van der Waals surface area contributed by atoms with Crippen molar-refractivity contribution in [1.29, 1.82) is 0 Å². The number of amides is 2. The monoisotopic (exact) mass is 438 g/mol. The van der Waals surface area contributed by atoms with E-state index in [1.54, 1.807) is 50.2 Å². The fourth-order valence-corrected chi connectivity index (χ4v) is 2.97. The average Bonchev–Trinajstić information content (AvgIpc) is 2.60. The van der Waals surface area contributed by atoms with E-state index in [1.165, 1.54) is 0 Å². The molecule has 2 amide bonds. The van der Waals surface area contributed by atoms with Gasteiger partial charge in [-0.25, -0.2) is 0 Å². The van der Waals surface area contributed by atoms with Crippen LogP contribution in [0, 0.1) is 6.92 Å². The summed E-state index contributed by atoms with van der Waals surface area (Å²) >= 11 is 9.27. The SMILES string of the molecule is CCC(=O)Nc1cccc(NC(=O)[C@@H](C)Oc2ccc(Cl)cc2Br)c1C. The summed E-state index contributed by atoms with van der Waals surface area (Å²) in [4.78, 5) is 24.1. The lowest BCUT2D eigenvalue weighted by molar-refractivity contribution is -0.122. The quantitative estimate of drug-likeness (QED) is 0.653. The fraction of sp³-hybridized carbons (Fsp3) is 0.263. The summed E-state index contributed by atoms with van der Waals surface area (Å²) in [7, 11) is 0. The highest BCUT2D eigenvalue weighted by Gasteiger charge is 2.18. The number of benzene rings is 2. The van der Waals surface area contributed by atoms with Gasteiger partial charge >= 0.3 is 0 Å². The second kappa shape index (κ2) is 9.05. The average molecular weight is 440 g/mol. The molecule has 2 aromatic rings. The Bertz CT molecular complexity index is 826. The number of hydrogen-bond donors (Lipinski definition) is 2. The lowest BCUT2D eigenvalue weighted by atomic mass is 10.1. The van der Waals surface area contributed by atoms with Gasteiger partial charge in [0, 0.05) is 22.8 Å². The molecule has 26 heavy (non-hydrogen) atoms. The Balaban J connectivity index is 2.09. The van der Waals surface area contributed by atoms with Gasteiger partial charge in [0.25, 0.3) is 5.91 Å². The Labute approximate surface area is 166 Å². The molecule has 0 saturated carbocycles. The molecule has 0 saturated heterocycles. The number of hydrogen-bond acceptors (Lipinski definition) is 3. The summed E-state index contributed by atoms with van der Waals surface area (Å²) in [5.41, 5.74) is 2.07. The number of anilines is 2. The maximum Gasteiger partial charge on any atom is 0.265 e. The molecule has 1 atom stereocenters. The van der Waals surface area contributed by atoms with Crippen LogP contribution in [0.15, 0.2) is 40.9 Å². The van der Waals surface area contributed by atoms with E-state index >= 15 is 0 Å². The molecule has 0 fully saturated rings. The Morgan fingerprint density at radius 1 is 1.19 bits per heavy atom. The topological polar surface area (TPSA) is 67.4 Å². The lowest BCUT2D eigenvalue weighted by Crippen LogP contribution is -2.30. The van der Waals surface area contributed by atoms with Gasteiger partial charge in [-0.3, -0.25) is 9.59 Å². The van der Waals surface area contributed by atoms with Crippen LogP contribution in [0.1, 0.15) is 25.8 Å². The number of carbonyl (C=O) groups excluding carboxylic acids is 2. The van der Waals surface area contributed by atoms with E-state index in [2.05, 4.69) is 26.6 Å². The van der Waals surface area contributed by atoms with Crippen LogP contribution in [-0.4, -0.2) is 17.9 Å². The zero-order valence-electron chi connectivity index (χ0n) is 14.7. The number of nitrogens with one attached hydrogen (secondary N) is 2. The Morgan fingerprint density at radius 3 is 2.46 bits per heavy atom. The lowest BCUT2D eigenvalue weighted by Gasteiger charge is -2.18. The molecular formula is C19H20BrClN2O3. The molecule has 0 aliphatic heterocycles. The molecule has 0 spiro atoms. The molecule has 0 aliphatic rings. The molecule has 2 aromatic carbocycles. The van der Waals surface area contributed by atoms with Crippen molar-refractivity contribution in [3.8, 4) is 5.75 Å². The van der Waals surface area contributed by atoms with Crippen LogP contribution in [0.2, 0.25) is 5.02 Å². The van der Waals surface area contributed by atoms with Crippen molar-refractivity contribution < 1.29 is 14.3 Å². The molecule has 2 N–H and O–H groups in total. The van der Waals surface area contributed by atoms with Crippen molar-refractivity contribution >= 4 is 50.7 Å². The highest BCUT2D eigenvalue weighted by Crippen LogP contribution is 2.29. The second-order valence-electron chi connectivity index (χ2n) is 5.70. The summed E-state index contributed by atoms with van der Waals surface area (Å²) in [5.74, 6) is 0.146. The minimum atomic E-state index is -0.722. The summed E-state index contributed by atoms with van der Waals surface area (Å²) in [6.07, 6.45) is -0.336. The summed E-state index contributed by atoms with van der Waals surface area (Å²) < 4.78 is 6.37. The first-order valence-corrected chi connectivity index (χ1v) is 9.31. The van der Waals surface area contributed by atoms with E-state index < -0.39 is 6.10 Å². The number of rotatable bonds is 6. The van der Waals surface area contributed by atoms with E-state index in [0.717, 1.165) is 5.56 Å². The Morgan fingerprint density at radius 2 is 1.85 bits per heavy atom. The molecule has 0 bridgehead atoms. The standard InChI is InChI=1S/C19H20BrClN2O3/c1-4-18(24)22-15-6-5-7-16(11(15)2)23-19(25)12(3)26-17-9-8-13(21)10-14(17)20/h5-10,12H,4H2,1-3H3,(H,22,24)(H,23,25)/t12-/m1/s1. The third-order valence-electron chi connectivity index (χ3n) is 3.75. The summed E-state index contributed by atoms with van der Waals surface area (Å²) in [6.45, 7) is 5.28. The van der Waals surface area contributed by atoms with Crippen molar-refractivity contribution in [3.05, 3.63) is 51.5 Å². The minimum absolute atomic E-state index is 0.0825. The van der Waals surface area contributed by atoms with Gasteiger partial charge in [0.1, 0.15) is 5.75 Å². The zero-order chi connectivity index (χ0) is 19.3. The first-order valence-electron chi connectivity index (χ1n) is 8.13. The van der Waals surface area contributed by atoms with Gasteiger partial charge in [-0.2, -0.15) is 0 Å². The minimum Gasteiger partial charge on any atom is -0.480 e. The molecule has 0 heterocycles. The molecule has 2 rings (SSSR count). The highest BCUT2D eigenvalue weighted by atomic mass is 79.9. The summed E-state index contributed by atoms with van der Waals surface area (Å²) in [5, 5.41) is 6.22. The van der Waals surface area contributed by atoms with E-state index in [1.807, 2.05) is 6.92 Å². The van der Waals surface area contributed by atoms with Gasteiger partial charge in [-0.05, 0) is 65.7 Å². The molecule has 0 unspecified atom stereocenters. The van der Waals surface area contributed by atoms with Crippen molar-refractivity contribution in [2.24, 2.45) is 0 Å². The first kappa shape index (κ1) is 20.3. The predicted molar refractivity (Wildman–Crippen MR) is 108 cm³/mol. The molecule has 0 radical (unpaired) electrons. The molecule has 138 valence electrons. The highest BCUT2D eigenvalue weighted by molar-refractivity contribution is 9.10.